The van der Waals surface area contributed by atoms with Crippen LogP contribution in [-0.4, -0.2) is 6.18 Å². The second-order valence-electron chi connectivity index (χ2n) is 7.95. The Hall–Kier alpha value is -3.53. The number of rotatable bonds is 6. The van der Waals surface area contributed by atoms with E-state index in [2.05, 4.69) is 18.8 Å². The third kappa shape index (κ3) is 7.22. The number of benzene rings is 3. The fourth-order valence-corrected chi connectivity index (χ4v) is 3.43. The fraction of sp³-hybridized carbons (Fsp3) is 0.214. The zero-order valence-corrected chi connectivity index (χ0v) is 18.7. The highest BCUT2D eigenvalue weighted by Crippen LogP contribution is 2.26. The van der Waals surface area contributed by atoms with Gasteiger partial charge < -0.3 is 0 Å². The van der Waals surface area contributed by atoms with Crippen LogP contribution in [0, 0.1) is 35.1 Å². The minimum Gasteiger partial charge on any atom is -0.206 e. The molecule has 0 unspecified atom stereocenters. The summed E-state index contributed by atoms with van der Waals surface area (Å²) >= 11 is 0. The van der Waals surface area contributed by atoms with E-state index in [9.17, 15) is 30.7 Å². The number of unbranched alkanes of at least 4 members (excludes halogenated alkanes) is 2. The second-order valence-corrected chi connectivity index (χ2v) is 7.95. The minimum absolute atomic E-state index is 0.262. The number of hydrogen-bond donors (Lipinski definition) is 0. The molecule has 7 heteroatoms. The summed E-state index contributed by atoms with van der Waals surface area (Å²) in [6.07, 6.45) is -0.557. The Balaban J connectivity index is 1.83. The van der Waals surface area contributed by atoms with Crippen molar-refractivity contribution in [3.63, 3.8) is 0 Å². The van der Waals surface area contributed by atoms with Gasteiger partial charge in [0.2, 0.25) is 0 Å². The van der Waals surface area contributed by atoms with Gasteiger partial charge >= 0.3 is 6.18 Å². The SMILES string of the molecule is CCCCCc1ccc(-c2cc(F)c(C#Cc3cc(F)c(C=CC(F)(F)F)c(F)c3)c(F)c2)cc1. The van der Waals surface area contributed by atoms with Gasteiger partial charge in [0.1, 0.15) is 23.3 Å². The zero-order valence-electron chi connectivity index (χ0n) is 18.7. The first-order valence-electron chi connectivity index (χ1n) is 10.9. The van der Waals surface area contributed by atoms with E-state index >= 15 is 0 Å². The average Bonchev–Trinajstić information content (AvgIpc) is 2.78. The quantitative estimate of drug-likeness (QED) is 0.184. The van der Waals surface area contributed by atoms with Crippen LogP contribution in [0.4, 0.5) is 30.7 Å². The lowest BCUT2D eigenvalue weighted by Gasteiger charge is -2.07. The van der Waals surface area contributed by atoms with Crippen LogP contribution in [0.3, 0.4) is 0 Å². The largest absolute Gasteiger partial charge is 0.409 e. The molecule has 0 saturated heterocycles. The molecule has 0 aromatic heterocycles. The Morgan fingerprint density at radius 3 is 1.89 bits per heavy atom. The van der Waals surface area contributed by atoms with Gasteiger partial charge in [-0.25, -0.2) is 17.6 Å². The van der Waals surface area contributed by atoms with E-state index < -0.39 is 40.6 Å². The monoisotopic (exact) mass is 490 g/mol. The van der Waals surface area contributed by atoms with Gasteiger partial charge in [-0.3, -0.25) is 0 Å². The highest BCUT2D eigenvalue weighted by molar-refractivity contribution is 5.65. The number of hydrogen-bond acceptors (Lipinski definition) is 0. The van der Waals surface area contributed by atoms with Crippen molar-refractivity contribution in [3.8, 4) is 23.0 Å². The van der Waals surface area contributed by atoms with Crippen molar-refractivity contribution in [2.24, 2.45) is 0 Å². The van der Waals surface area contributed by atoms with Gasteiger partial charge in [-0.05, 0) is 59.9 Å². The highest BCUT2D eigenvalue weighted by Gasteiger charge is 2.22. The van der Waals surface area contributed by atoms with E-state index in [4.69, 9.17) is 0 Å². The van der Waals surface area contributed by atoms with Gasteiger partial charge in [-0.1, -0.05) is 55.9 Å². The Labute approximate surface area is 199 Å². The Morgan fingerprint density at radius 2 is 1.34 bits per heavy atom. The van der Waals surface area contributed by atoms with Gasteiger partial charge in [0.15, 0.2) is 0 Å². The molecule has 3 aromatic rings. The Morgan fingerprint density at radius 1 is 0.743 bits per heavy atom. The molecule has 0 heterocycles. The Kier molecular flexibility index (Phi) is 8.39. The summed E-state index contributed by atoms with van der Waals surface area (Å²) in [7, 11) is 0. The molecule has 3 rings (SSSR count). The van der Waals surface area contributed by atoms with Crippen LogP contribution in [-0.2, 0) is 6.42 Å². The second kappa shape index (κ2) is 11.3. The molecule has 0 aliphatic carbocycles. The third-order valence-corrected chi connectivity index (χ3v) is 5.25. The molecule has 0 N–H and O–H groups in total. The number of alkyl halides is 3. The van der Waals surface area contributed by atoms with Crippen LogP contribution in [0.25, 0.3) is 17.2 Å². The van der Waals surface area contributed by atoms with Crippen molar-refractivity contribution >= 4 is 6.08 Å². The first-order valence-corrected chi connectivity index (χ1v) is 10.9. The van der Waals surface area contributed by atoms with Crippen molar-refractivity contribution in [2.75, 3.05) is 0 Å². The van der Waals surface area contributed by atoms with Gasteiger partial charge in [-0.15, -0.1) is 0 Å². The predicted molar refractivity (Wildman–Crippen MR) is 122 cm³/mol. The zero-order chi connectivity index (χ0) is 25.6. The van der Waals surface area contributed by atoms with E-state index in [1.165, 1.54) is 0 Å². The summed E-state index contributed by atoms with van der Waals surface area (Å²) in [5.74, 6) is -0.0112. The first-order chi connectivity index (χ1) is 16.6. The van der Waals surface area contributed by atoms with E-state index in [1.807, 2.05) is 12.1 Å². The molecule has 35 heavy (non-hydrogen) atoms. The van der Waals surface area contributed by atoms with Crippen molar-refractivity contribution in [3.05, 3.63) is 100 Å². The molecule has 0 aliphatic heterocycles. The molecule has 0 saturated carbocycles. The van der Waals surface area contributed by atoms with Crippen LogP contribution in [0.5, 0.6) is 0 Å². The van der Waals surface area contributed by atoms with Gasteiger partial charge in [0.05, 0.1) is 5.56 Å². The molecule has 0 radical (unpaired) electrons. The fourth-order valence-electron chi connectivity index (χ4n) is 3.43. The molecule has 0 atom stereocenters. The molecule has 182 valence electrons. The molecule has 0 nitrogen and oxygen atoms in total. The summed E-state index contributed by atoms with van der Waals surface area (Å²) < 4.78 is 94.1. The number of halogens is 7. The van der Waals surface area contributed by atoms with Crippen LogP contribution in [0.15, 0.2) is 54.6 Å². The maximum atomic E-state index is 14.6. The number of aryl methyl sites for hydroxylation is 1. The van der Waals surface area contributed by atoms with Crippen molar-refractivity contribution in [1.29, 1.82) is 0 Å². The van der Waals surface area contributed by atoms with Crippen LogP contribution in [0.1, 0.15) is 48.4 Å². The topological polar surface area (TPSA) is 0 Å². The highest BCUT2D eigenvalue weighted by atomic mass is 19.4. The predicted octanol–water partition coefficient (Wildman–Crippen LogP) is 8.62. The maximum absolute atomic E-state index is 14.6. The Bertz CT molecular complexity index is 1230. The normalized spacial score (nSPS) is 11.5. The first kappa shape index (κ1) is 26.1. The minimum atomic E-state index is -4.74. The van der Waals surface area contributed by atoms with Crippen molar-refractivity contribution in [2.45, 2.75) is 38.8 Å². The molecular weight excluding hydrogens is 469 g/mol. The van der Waals surface area contributed by atoms with E-state index in [0.717, 1.165) is 43.4 Å². The molecule has 0 fully saturated rings. The maximum Gasteiger partial charge on any atom is 0.409 e. The average molecular weight is 490 g/mol. The summed E-state index contributed by atoms with van der Waals surface area (Å²) in [6.45, 7) is 2.12. The summed E-state index contributed by atoms with van der Waals surface area (Å²) in [6, 6.07) is 11.0. The molecule has 0 bridgehead atoms. The number of allylic oxidation sites excluding steroid dienone is 1. The van der Waals surface area contributed by atoms with E-state index in [-0.39, 0.29) is 17.7 Å². The van der Waals surface area contributed by atoms with Gasteiger partial charge in [-0.2, -0.15) is 13.2 Å². The lowest BCUT2D eigenvalue weighted by Crippen LogP contribution is -2.01. The lowest BCUT2D eigenvalue weighted by atomic mass is 9.99. The van der Waals surface area contributed by atoms with E-state index in [0.29, 0.717) is 23.3 Å². The van der Waals surface area contributed by atoms with Crippen LogP contribution < -0.4 is 0 Å². The van der Waals surface area contributed by atoms with Crippen LogP contribution >= 0.6 is 0 Å². The summed E-state index contributed by atoms with van der Waals surface area (Å²) in [5, 5.41) is 0. The molecule has 3 aromatic carbocycles. The van der Waals surface area contributed by atoms with Crippen molar-refractivity contribution < 1.29 is 30.7 Å². The van der Waals surface area contributed by atoms with Gasteiger partial charge in [0, 0.05) is 17.2 Å². The molecule has 0 amide bonds. The summed E-state index contributed by atoms with van der Waals surface area (Å²) in [5.41, 5.74) is 0.283. The molecular formula is C28H21F7. The van der Waals surface area contributed by atoms with Crippen LogP contribution in [0.2, 0.25) is 0 Å². The molecule has 0 aliphatic rings. The van der Waals surface area contributed by atoms with Gasteiger partial charge in [0.25, 0.3) is 0 Å². The van der Waals surface area contributed by atoms with E-state index in [1.54, 1.807) is 12.1 Å². The standard InChI is InChI=1S/C28H21F7/c1-2-3-4-5-18-6-9-20(10-7-18)21-16-26(31)22(27(32)17-21)11-8-19-14-24(29)23(25(30)15-19)12-13-28(33,34)35/h6-7,9-10,12-17H,2-5H2,1H3. The lowest BCUT2D eigenvalue weighted by molar-refractivity contribution is -0.0790. The molecule has 0 spiro atoms. The summed E-state index contributed by atoms with van der Waals surface area (Å²) in [4.78, 5) is 0. The van der Waals surface area contributed by atoms with Crippen molar-refractivity contribution in [1.82, 2.24) is 0 Å². The third-order valence-electron chi connectivity index (χ3n) is 5.25. The smallest absolute Gasteiger partial charge is 0.206 e.